The van der Waals surface area contributed by atoms with Gasteiger partial charge in [-0.2, -0.15) is 0 Å². The molecule has 0 spiro atoms. The third-order valence-corrected chi connectivity index (χ3v) is 3.72. The molecule has 0 aliphatic rings. The molecule has 3 heteroatoms. The van der Waals surface area contributed by atoms with Gasteiger partial charge in [-0.05, 0) is 30.2 Å². The van der Waals surface area contributed by atoms with Crippen LogP contribution >= 0.6 is 0 Å². The standard InChI is InChI=1S/C19H17NO2/c1-14(22-19(13-21)15-7-3-2-4-8-15)16-11-12-20-18-10-6-5-9-17(16)18/h2-14,19H,1H3. The van der Waals surface area contributed by atoms with E-state index in [-0.39, 0.29) is 6.10 Å². The number of pyridine rings is 1. The van der Waals surface area contributed by atoms with Crippen LogP contribution in [0.5, 0.6) is 0 Å². The van der Waals surface area contributed by atoms with Crippen LogP contribution in [0.15, 0.2) is 66.9 Å². The van der Waals surface area contributed by atoms with Crippen LogP contribution in [0, 0.1) is 0 Å². The number of ether oxygens (including phenoxy) is 1. The first-order valence-electron chi connectivity index (χ1n) is 7.29. The molecule has 0 N–H and O–H groups in total. The maximum atomic E-state index is 11.4. The summed E-state index contributed by atoms with van der Waals surface area (Å²) in [7, 11) is 0. The lowest BCUT2D eigenvalue weighted by atomic mass is 10.0. The molecule has 0 aliphatic carbocycles. The number of carbonyl (C=O) groups is 1. The Morgan fingerprint density at radius 3 is 2.50 bits per heavy atom. The predicted molar refractivity (Wildman–Crippen MR) is 86.5 cm³/mol. The van der Waals surface area contributed by atoms with Crippen molar-refractivity contribution < 1.29 is 9.53 Å². The highest BCUT2D eigenvalue weighted by atomic mass is 16.5. The third kappa shape index (κ3) is 2.90. The van der Waals surface area contributed by atoms with Gasteiger partial charge in [-0.3, -0.25) is 4.98 Å². The molecule has 1 aromatic heterocycles. The molecule has 3 nitrogen and oxygen atoms in total. The number of aldehydes is 1. The summed E-state index contributed by atoms with van der Waals surface area (Å²) in [5.41, 5.74) is 2.83. The van der Waals surface area contributed by atoms with Crippen molar-refractivity contribution in [3.05, 3.63) is 78.0 Å². The molecule has 0 radical (unpaired) electrons. The van der Waals surface area contributed by atoms with E-state index in [0.29, 0.717) is 0 Å². The van der Waals surface area contributed by atoms with Gasteiger partial charge < -0.3 is 9.53 Å². The van der Waals surface area contributed by atoms with Crippen LogP contribution in [0.3, 0.4) is 0 Å². The van der Waals surface area contributed by atoms with E-state index in [0.717, 1.165) is 28.3 Å². The molecule has 110 valence electrons. The third-order valence-electron chi connectivity index (χ3n) is 3.72. The van der Waals surface area contributed by atoms with Crippen LogP contribution in [-0.4, -0.2) is 11.3 Å². The van der Waals surface area contributed by atoms with Crippen molar-refractivity contribution in [2.45, 2.75) is 19.1 Å². The quantitative estimate of drug-likeness (QED) is 0.660. The summed E-state index contributed by atoms with van der Waals surface area (Å²) in [6.45, 7) is 1.96. The smallest absolute Gasteiger partial charge is 0.153 e. The number of benzene rings is 2. The van der Waals surface area contributed by atoms with E-state index in [2.05, 4.69) is 4.98 Å². The number of carbonyl (C=O) groups excluding carboxylic acids is 1. The lowest BCUT2D eigenvalue weighted by Crippen LogP contribution is -2.10. The molecule has 0 amide bonds. The molecular formula is C19H17NO2. The van der Waals surface area contributed by atoms with Gasteiger partial charge in [0.2, 0.25) is 0 Å². The zero-order valence-corrected chi connectivity index (χ0v) is 12.3. The fourth-order valence-corrected chi connectivity index (χ4v) is 2.60. The molecule has 0 aliphatic heterocycles. The highest BCUT2D eigenvalue weighted by molar-refractivity contribution is 5.82. The minimum atomic E-state index is -0.567. The molecule has 2 atom stereocenters. The summed E-state index contributed by atoms with van der Waals surface area (Å²) in [6.07, 6.45) is 1.84. The van der Waals surface area contributed by atoms with E-state index < -0.39 is 6.10 Å². The summed E-state index contributed by atoms with van der Waals surface area (Å²) in [5, 5.41) is 1.05. The molecule has 0 fully saturated rings. The van der Waals surface area contributed by atoms with Crippen LogP contribution in [-0.2, 0) is 9.53 Å². The van der Waals surface area contributed by atoms with Crippen molar-refractivity contribution in [2.75, 3.05) is 0 Å². The minimum absolute atomic E-state index is 0.205. The van der Waals surface area contributed by atoms with Crippen molar-refractivity contribution in [2.24, 2.45) is 0 Å². The molecular weight excluding hydrogens is 274 g/mol. The zero-order valence-electron chi connectivity index (χ0n) is 12.3. The average molecular weight is 291 g/mol. The largest absolute Gasteiger partial charge is 0.358 e. The number of para-hydroxylation sites is 1. The van der Waals surface area contributed by atoms with Gasteiger partial charge in [-0.15, -0.1) is 0 Å². The van der Waals surface area contributed by atoms with Gasteiger partial charge in [0, 0.05) is 11.6 Å². The predicted octanol–water partition coefficient (Wildman–Crippen LogP) is 4.25. The summed E-state index contributed by atoms with van der Waals surface area (Å²) >= 11 is 0. The van der Waals surface area contributed by atoms with Gasteiger partial charge in [0.1, 0.15) is 6.10 Å². The summed E-state index contributed by atoms with van der Waals surface area (Å²) in [6, 6.07) is 19.4. The summed E-state index contributed by atoms with van der Waals surface area (Å²) in [5.74, 6) is 0. The van der Waals surface area contributed by atoms with Gasteiger partial charge in [-0.25, -0.2) is 0 Å². The highest BCUT2D eigenvalue weighted by Gasteiger charge is 2.17. The number of hydrogen-bond donors (Lipinski definition) is 0. The van der Waals surface area contributed by atoms with Crippen LogP contribution in [0.1, 0.15) is 30.3 Å². The van der Waals surface area contributed by atoms with Gasteiger partial charge in [0.15, 0.2) is 6.29 Å². The van der Waals surface area contributed by atoms with Gasteiger partial charge in [0.25, 0.3) is 0 Å². The molecule has 0 saturated carbocycles. The maximum absolute atomic E-state index is 11.4. The number of rotatable bonds is 5. The number of aromatic nitrogens is 1. The fourth-order valence-electron chi connectivity index (χ4n) is 2.60. The van der Waals surface area contributed by atoms with Gasteiger partial charge in [0.05, 0.1) is 11.6 Å². The highest BCUT2D eigenvalue weighted by Crippen LogP contribution is 2.29. The van der Waals surface area contributed by atoms with E-state index in [4.69, 9.17) is 4.74 Å². The molecule has 0 bridgehead atoms. The van der Waals surface area contributed by atoms with Crippen LogP contribution in [0.2, 0.25) is 0 Å². The Balaban J connectivity index is 1.89. The van der Waals surface area contributed by atoms with E-state index in [9.17, 15) is 4.79 Å². The Hall–Kier alpha value is -2.52. The van der Waals surface area contributed by atoms with Crippen molar-refractivity contribution in [1.29, 1.82) is 0 Å². The average Bonchev–Trinajstić information content (AvgIpc) is 2.59. The maximum Gasteiger partial charge on any atom is 0.153 e. The topological polar surface area (TPSA) is 39.2 Å². The Morgan fingerprint density at radius 2 is 1.73 bits per heavy atom. The molecule has 1 heterocycles. The van der Waals surface area contributed by atoms with Gasteiger partial charge in [-0.1, -0.05) is 48.5 Å². The van der Waals surface area contributed by atoms with Crippen molar-refractivity contribution in [3.8, 4) is 0 Å². The molecule has 22 heavy (non-hydrogen) atoms. The van der Waals surface area contributed by atoms with E-state index in [1.807, 2.05) is 67.6 Å². The molecule has 3 rings (SSSR count). The molecule has 0 saturated heterocycles. The minimum Gasteiger partial charge on any atom is -0.358 e. The normalized spacial score (nSPS) is 13.7. The molecule has 3 aromatic rings. The fraction of sp³-hybridized carbons (Fsp3) is 0.158. The van der Waals surface area contributed by atoms with E-state index >= 15 is 0 Å². The first-order chi connectivity index (χ1) is 10.8. The van der Waals surface area contributed by atoms with Crippen LogP contribution in [0.25, 0.3) is 10.9 Å². The SMILES string of the molecule is CC(OC(C=O)c1ccccc1)c1ccnc2ccccc12. The zero-order chi connectivity index (χ0) is 15.4. The Bertz CT molecular complexity index is 765. The first-order valence-corrected chi connectivity index (χ1v) is 7.29. The van der Waals surface area contributed by atoms with Crippen LogP contribution in [0.4, 0.5) is 0 Å². The van der Waals surface area contributed by atoms with Crippen molar-refractivity contribution >= 4 is 17.2 Å². The second kappa shape index (κ2) is 6.50. The lowest BCUT2D eigenvalue weighted by Gasteiger charge is -2.20. The monoisotopic (exact) mass is 291 g/mol. The van der Waals surface area contributed by atoms with E-state index in [1.165, 1.54) is 0 Å². The second-order valence-corrected chi connectivity index (χ2v) is 5.16. The summed E-state index contributed by atoms with van der Waals surface area (Å²) < 4.78 is 5.98. The van der Waals surface area contributed by atoms with Crippen molar-refractivity contribution in [3.63, 3.8) is 0 Å². The number of fused-ring (bicyclic) bond motifs is 1. The number of hydrogen-bond acceptors (Lipinski definition) is 3. The van der Waals surface area contributed by atoms with Crippen LogP contribution < -0.4 is 0 Å². The summed E-state index contributed by atoms with van der Waals surface area (Å²) in [4.78, 5) is 15.8. The Kier molecular flexibility index (Phi) is 4.26. The van der Waals surface area contributed by atoms with Crippen molar-refractivity contribution in [1.82, 2.24) is 4.98 Å². The Labute approximate surface area is 129 Å². The molecule has 2 unspecified atom stereocenters. The Morgan fingerprint density at radius 1 is 1.00 bits per heavy atom. The lowest BCUT2D eigenvalue weighted by molar-refractivity contribution is -0.121. The van der Waals surface area contributed by atoms with Gasteiger partial charge >= 0.3 is 0 Å². The van der Waals surface area contributed by atoms with E-state index in [1.54, 1.807) is 6.20 Å². The number of nitrogens with zero attached hydrogens (tertiary/aromatic N) is 1. The second-order valence-electron chi connectivity index (χ2n) is 5.16. The first kappa shape index (κ1) is 14.4. The molecule has 2 aromatic carbocycles.